The Morgan fingerprint density at radius 3 is 2.32 bits per heavy atom. The number of aryl methyl sites for hydroxylation is 2. The third kappa shape index (κ3) is 7.45. The van der Waals surface area contributed by atoms with Gasteiger partial charge in [0.25, 0.3) is 0 Å². The summed E-state index contributed by atoms with van der Waals surface area (Å²) in [5, 5.41) is 21.1. The molecule has 1 aromatic heterocycles. The van der Waals surface area contributed by atoms with Crippen molar-refractivity contribution in [2.45, 2.75) is 84.2 Å². The van der Waals surface area contributed by atoms with Crippen LogP contribution in [0.2, 0.25) is 0 Å². The molecule has 2 aromatic rings. The molecule has 31 heavy (non-hydrogen) atoms. The van der Waals surface area contributed by atoms with E-state index in [4.69, 9.17) is 15.2 Å². The number of hydrogen-bond acceptors (Lipinski definition) is 7. The van der Waals surface area contributed by atoms with Gasteiger partial charge >= 0.3 is 0 Å². The highest BCUT2D eigenvalue weighted by atomic mass is 16.5. The average molecular weight is 432 g/mol. The molecule has 4 N–H and O–H groups in total. The average Bonchev–Trinajstić information content (AvgIpc) is 2.69. The summed E-state index contributed by atoms with van der Waals surface area (Å²) in [6.07, 6.45) is 2.67. The van der Waals surface area contributed by atoms with Crippen molar-refractivity contribution >= 4 is 0 Å². The number of rotatable bonds is 12. The van der Waals surface area contributed by atoms with Gasteiger partial charge in [-0.1, -0.05) is 19.8 Å². The van der Waals surface area contributed by atoms with Crippen LogP contribution in [0.25, 0.3) is 0 Å². The van der Waals surface area contributed by atoms with Crippen LogP contribution in [0, 0.1) is 13.8 Å². The van der Waals surface area contributed by atoms with Gasteiger partial charge in [0.2, 0.25) is 0 Å². The molecule has 0 radical (unpaired) electrons. The lowest BCUT2D eigenvalue weighted by atomic mass is 9.84. The van der Waals surface area contributed by atoms with Crippen LogP contribution >= 0.6 is 0 Å². The molecule has 0 aliphatic rings. The van der Waals surface area contributed by atoms with Crippen molar-refractivity contribution in [1.29, 1.82) is 0 Å². The first-order chi connectivity index (χ1) is 14.6. The number of benzene rings is 1. The van der Waals surface area contributed by atoms with E-state index in [-0.39, 0.29) is 6.42 Å². The first kappa shape index (κ1) is 25.0. The number of aliphatic hydroxyl groups excluding tert-OH is 2. The van der Waals surface area contributed by atoms with E-state index in [9.17, 15) is 10.2 Å². The van der Waals surface area contributed by atoms with E-state index in [0.717, 1.165) is 25.0 Å². The molecule has 0 fully saturated rings. The zero-order valence-electron chi connectivity index (χ0n) is 19.3. The molecular weight excluding hydrogens is 394 g/mol. The van der Waals surface area contributed by atoms with E-state index in [1.807, 2.05) is 19.1 Å². The second kappa shape index (κ2) is 11.4. The topological polar surface area (TPSA) is 111 Å². The van der Waals surface area contributed by atoms with Crippen LogP contribution < -0.4 is 15.2 Å². The Labute approximate surface area is 185 Å². The molecule has 0 saturated carbocycles. The third-order valence-electron chi connectivity index (χ3n) is 5.32. The maximum absolute atomic E-state index is 10.8. The lowest BCUT2D eigenvalue weighted by molar-refractivity contribution is -0.0142. The van der Waals surface area contributed by atoms with Crippen LogP contribution in [0.4, 0.5) is 0 Å². The zero-order valence-corrected chi connectivity index (χ0v) is 19.3. The highest BCUT2D eigenvalue weighted by molar-refractivity contribution is 5.31. The molecule has 0 aliphatic heterocycles. The van der Waals surface area contributed by atoms with E-state index < -0.39 is 23.9 Å². The molecule has 0 saturated heterocycles. The molecule has 0 bridgehead atoms. The van der Waals surface area contributed by atoms with Gasteiger partial charge in [-0.25, -0.2) is 9.97 Å². The Hall–Kier alpha value is -2.22. The van der Waals surface area contributed by atoms with Crippen LogP contribution in [0.5, 0.6) is 11.5 Å². The molecule has 1 aromatic carbocycles. The van der Waals surface area contributed by atoms with Crippen molar-refractivity contribution < 1.29 is 19.7 Å². The minimum atomic E-state index is -1.01. The van der Waals surface area contributed by atoms with Crippen LogP contribution in [-0.4, -0.2) is 44.5 Å². The molecule has 4 unspecified atom stereocenters. The van der Waals surface area contributed by atoms with Gasteiger partial charge in [0.05, 0.1) is 24.4 Å². The Morgan fingerprint density at radius 1 is 1.10 bits per heavy atom. The summed E-state index contributed by atoms with van der Waals surface area (Å²) in [5.41, 5.74) is 6.86. The smallest absolute Gasteiger partial charge is 0.142 e. The first-order valence-electron chi connectivity index (χ1n) is 11.0. The second-order valence-electron chi connectivity index (χ2n) is 8.49. The molecule has 4 atom stereocenters. The van der Waals surface area contributed by atoms with Crippen LogP contribution in [0.1, 0.15) is 69.6 Å². The Balaban J connectivity index is 2.06. The van der Waals surface area contributed by atoms with Crippen molar-refractivity contribution in [1.82, 2.24) is 9.97 Å². The summed E-state index contributed by atoms with van der Waals surface area (Å²) in [7, 11) is 0. The normalized spacial score (nSPS) is 16.3. The lowest BCUT2D eigenvalue weighted by Crippen LogP contribution is -2.56. The first-order valence-corrected chi connectivity index (χ1v) is 11.0. The van der Waals surface area contributed by atoms with E-state index >= 15 is 0 Å². The van der Waals surface area contributed by atoms with E-state index in [1.54, 1.807) is 39.1 Å². The van der Waals surface area contributed by atoms with Gasteiger partial charge in [0.1, 0.15) is 23.4 Å². The number of hydrogen-bond donors (Lipinski definition) is 3. The van der Waals surface area contributed by atoms with E-state index in [2.05, 4.69) is 16.9 Å². The fraction of sp³-hybridized carbons (Fsp3) is 0.583. The van der Waals surface area contributed by atoms with E-state index in [1.165, 1.54) is 0 Å². The summed E-state index contributed by atoms with van der Waals surface area (Å²) in [6, 6.07) is 7.29. The summed E-state index contributed by atoms with van der Waals surface area (Å²) >= 11 is 0. The molecule has 7 heteroatoms. The number of nitrogens with zero attached hydrogens (tertiary/aromatic N) is 2. The van der Waals surface area contributed by atoms with Crippen molar-refractivity contribution in [3.63, 3.8) is 0 Å². The van der Waals surface area contributed by atoms with Gasteiger partial charge in [0, 0.05) is 17.5 Å². The van der Waals surface area contributed by atoms with Gasteiger partial charge in [0.15, 0.2) is 0 Å². The fourth-order valence-corrected chi connectivity index (χ4v) is 3.65. The maximum Gasteiger partial charge on any atom is 0.142 e. The van der Waals surface area contributed by atoms with Crippen LogP contribution in [0.15, 0.2) is 30.5 Å². The molecule has 2 rings (SSSR count). The predicted octanol–water partition coefficient (Wildman–Crippen LogP) is 3.63. The van der Waals surface area contributed by atoms with Crippen LogP contribution in [0.3, 0.4) is 0 Å². The number of unbranched alkanes of at least 4 members (excludes halogenated alkanes) is 2. The minimum absolute atomic E-state index is 0.175. The summed E-state index contributed by atoms with van der Waals surface area (Å²) in [5.74, 6) is 2.00. The fourth-order valence-electron chi connectivity index (χ4n) is 3.65. The maximum atomic E-state index is 10.8. The highest BCUT2D eigenvalue weighted by Gasteiger charge is 2.38. The predicted molar refractivity (Wildman–Crippen MR) is 121 cm³/mol. The minimum Gasteiger partial charge on any atom is -0.494 e. The Morgan fingerprint density at radius 2 is 1.74 bits per heavy atom. The SMILES string of the molecule is CCCCCOc1ccc(OC(C(C)O)C(C)(N)CC(O)c2cnc(C)nc2C)cc1. The van der Waals surface area contributed by atoms with Crippen molar-refractivity contribution in [3.8, 4) is 11.5 Å². The number of aliphatic hydroxyl groups is 2. The van der Waals surface area contributed by atoms with Crippen molar-refractivity contribution in [2.75, 3.05) is 6.61 Å². The quantitative estimate of drug-likeness (QED) is 0.440. The van der Waals surface area contributed by atoms with Gasteiger partial charge in [-0.15, -0.1) is 0 Å². The summed E-state index contributed by atoms with van der Waals surface area (Å²) in [6.45, 7) is 9.87. The Kier molecular flexibility index (Phi) is 9.22. The van der Waals surface area contributed by atoms with Gasteiger partial charge in [-0.2, -0.15) is 0 Å². The highest BCUT2D eigenvalue weighted by Crippen LogP contribution is 2.30. The monoisotopic (exact) mass is 431 g/mol. The number of nitrogens with two attached hydrogens (primary N) is 1. The standard InChI is InChI=1S/C24H37N3O4/c1-6-7-8-13-30-19-9-11-20(12-10-19)31-23(17(3)28)24(5,25)14-22(29)21-15-26-18(4)27-16(21)2/h9-12,15,17,22-23,28-29H,6-8,13-14,25H2,1-5H3. The number of aromatic nitrogens is 2. The molecule has 0 spiro atoms. The molecular formula is C24H37N3O4. The summed E-state index contributed by atoms with van der Waals surface area (Å²) < 4.78 is 11.8. The van der Waals surface area contributed by atoms with Crippen LogP contribution in [-0.2, 0) is 0 Å². The lowest BCUT2D eigenvalue weighted by Gasteiger charge is -2.37. The largest absolute Gasteiger partial charge is 0.494 e. The van der Waals surface area contributed by atoms with E-state index in [0.29, 0.717) is 29.4 Å². The van der Waals surface area contributed by atoms with Crippen molar-refractivity contribution in [2.24, 2.45) is 5.73 Å². The molecule has 0 aliphatic carbocycles. The van der Waals surface area contributed by atoms with Gasteiger partial charge in [-0.3, -0.25) is 0 Å². The molecule has 172 valence electrons. The number of ether oxygens (including phenoxy) is 2. The second-order valence-corrected chi connectivity index (χ2v) is 8.49. The molecule has 1 heterocycles. The molecule has 0 amide bonds. The van der Waals surface area contributed by atoms with Gasteiger partial charge < -0.3 is 25.4 Å². The zero-order chi connectivity index (χ0) is 23.0. The Bertz CT molecular complexity index is 809. The third-order valence-corrected chi connectivity index (χ3v) is 5.32. The molecule has 7 nitrogen and oxygen atoms in total. The summed E-state index contributed by atoms with van der Waals surface area (Å²) in [4.78, 5) is 8.48. The van der Waals surface area contributed by atoms with Crippen molar-refractivity contribution in [3.05, 3.63) is 47.5 Å². The van der Waals surface area contributed by atoms with Gasteiger partial charge in [-0.05, 0) is 64.8 Å².